The van der Waals surface area contributed by atoms with Crippen molar-refractivity contribution in [1.29, 1.82) is 0 Å². The number of rotatable bonds is 5. The Kier molecular flexibility index (Phi) is 4.68. The summed E-state index contributed by atoms with van der Waals surface area (Å²) in [6.07, 6.45) is 1.95. The van der Waals surface area contributed by atoms with Crippen LogP contribution in [0.2, 0.25) is 0 Å². The van der Waals surface area contributed by atoms with Gasteiger partial charge in [0, 0.05) is 5.92 Å². The predicted octanol–water partition coefficient (Wildman–Crippen LogP) is 2.57. The van der Waals surface area contributed by atoms with E-state index in [9.17, 15) is 4.79 Å². The molecule has 0 fully saturated rings. The van der Waals surface area contributed by atoms with Crippen LogP contribution in [0.5, 0.6) is 0 Å². The fourth-order valence-electron chi connectivity index (χ4n) is 1.34. The van der Waals surface area contributed by atoms with Crippen LogP contribution in [0.1, 0.15) is 26.7 Å². The van der Waals surface area contributed by atoms with Gasteiger partial charge in [-0.1, -0.05) is 38.5 Å². The van der Waals surface area contributed by atoms with Crippen LogP contribution < -0.4 is 10.9 Å². The van der Waals surface area contributed by atoms with Crippen molar-refractivity contribution in [2.24, 2.45) is 5.92 Å². The second kappa shape index (κ2) is 6.06. The predicted molar refractivity (Wildman–Crippen MR) is 62.3 cm³/mol. The summed E-state index contributed by atoms with van der Waals surface area (Å²) in [5.41, 5.74) is 6.48. The van der Waals surface area contributed by atoms with Gasteiger partial charge in [-0.3, -0.25) is 15.6 Å². The molecule has 1 atom stereocenters. The Morgan fingerprint density at radius 3 is 2.60 bits per heavy atom. The minimum absolute atomic E-state index is 0.0423. The van der Waals surface area contributed by atoms with Crippen molar-refractivity contribution in [2.75, 3.05) is 5.43 Å². The Hall–Kier alpha value is -1.51. The molecule has 0 spiro atoms. The largest absolute Gasteiger partial charge is 0.299 e. The van der Waals surface area contributed by atoms with E-state index in [2.05, 4.69) is 17.8 Å². The van der Waals surface area contributed by atoms with Crippen molar-refractivity contribution in [3.8, 4) is 0 Å². The summed E-state index contributed by atoms with van der Waals surface area (Å²) in [6.45, 7) is 4.01. The zero-order chi connectivity index (χ0) is 11.1. The second-order valence-electron chi connectivity index (χ2n) is 3.67. The van der Waals surface area contributed by atoms with Gasteiger partial charge in [0.15, 0.2) is 0 Å². The molecule has 0 bridgehead atoms. The van der Waals surface area contributed by atoms with Gasteiger partial charge in [-0.25, -0.2) is 0 Å². The molecular formula is C12H18N2O. The standard InChI is InChI=1S/C12H18N2O/c1-3-7-10(2)12(15)14-13-11-8-5-4-6-9-11/h4-6,8-10,13H,3,7H2,1-2H3,(H,14,15). The highest BCUT2D eigenvalue weighted by Gasteiger charge is 2.10. The molecular weight excluding hydrogens is 188 g/mol. The number of nitrogens with one attached hydrogen (secondary N) is 2. The Labute approximate surface area is 90.9 Å². The van der Waals surface area contributed by atoms with E-state index in [1.54, 1.807) is 0 Å². The first-order chi connectivity index (χ1) is 7.24. The van der Waals surface area contributed by atoms with Crippen LogP contribution in [0.25, 0.3) is 0 Å². The highest BCUT2D eigenvalue weighted by atomic mass is 16.2. The van der Waals surface area contributed by atoms with Crippen LogP contribution in [-0.4, -0.2) is 5.91 Å². The second-order valence-corrected chi connectivity index (χ2v) is 3.67. The maximum atomic E-state index is 11.5. The van der Waals surface area contributed by atoms with Crippen molar-refractivity contribution >= 4 is 11.6 Å². The van der Waals surface area contributed by atoms with Crippen molar-refractivity contribution < 1.29 is 4.79 Å². The number of benzene rings is 1. The molecule has 1 rings (SSSR count). The molecule has 0 aliphatic rings. The first-order valence-corrected chi connectivity index (χ1v) is 5.35. The SMILES string of the molecule is CCCC(C)C(=O)NNc1ccccc1. The molecule has 82 valence electrons. The number of carbonyl (C=O) groups excluding carboxylic acids is 1. The zero-order valence-corrected chi connectivity index (χ0v) is 9.29. The van der Waals surface area contributed by atoms with E-state index in [1.165, 1.54) is 0 Å². The van der Waals surface area contributed by atoms with Gasteiger partial charge in [-0.2, -0.15) is 0 Å². The van der Waals surface area contributed by atoms with Gasteiger partial charge in [0.2, 0.25) is 5.91 Å². The van der Waals surface area contributed by atoms with Gasteiger partial charge in [0.25, 0.3) is 0 Å². The minimum Gasteiger partial charge on any atom is -0.299 e. The van der Waals surface area contributed by atoms with Crippen LogP contribution in [0.15, 0.2) is 30.3 Å². The highest BCUT2D eigenvalue weighted by Crippen LogP contribution is 2.06. The fraction of sp³-hybridized carbons (Fsp3) is 0.417. The van der Waals surface area contributed by atoms with E-state index in [-0.39, 0.29) is 11.8 Å². The lowest BCUT2D eigenvalue weighted by molar-refractivity contribution is -0.124. The third-order valence-corrected chi connectivity index (χ3v) is 2.27. The first kappa shape index (κ1) is 11.6. The third-order valence-electron chi connectivity index (χ3n) is 2.27. The summed E-state index contributed by atoms with van der Waals surface area (Å²) in [5.74, 6) is 0.104. The summed E-state index contributed by atoms with van der Waals surface area (Å²) in [5, 5.41) is 0. The van der Waals surface area contributed by atoms with Crippen LogP contribution >= 0.6 is 0 Å². The van der Waals surface area contributed by atoms with E-state index in [0.717, 1.165) is 18.5 Å². The summed E-state index contributed by atoms with van der Waals surface area (Å²) >= 11 is 0. The molecule has 0 radical (unpaired) electrons. The summed E-state index contributed by atoms with van der Waals surface area (Å²) < 4.78 is 0. The lowest BCUT2D eigenvalue weighted by Crippen LogP contribution is -2.33. The lowest BCUT2D eigenvalue weighted by atomic mass is 10.1. The Morgan fingerprint density at radius 1 is 1.33 bits per heavy atom. The summed E-state index contributed by atoms with van der Waals surface area (Å²) in [6, 6.07) is 9.59. The van der Waals surface area contributed by atoms with E-state index in [1.807, 2.05) is 37.3 Å². The molecule has 15 heavy (non-hydrogen) atoms. The molecule has 0 saturated heterocycles. The number of anilines is 1. The molecule has 0 aromatic heterocycles. The fourth-order valence-corrected chi connectivity index (χ4v) is 1.34. The topological polar surface area (TPSA) is 41.1 Å². The zero-order valence-electron chi connectivity index (χ0n) is 9.29. The monoisotopic (exact) mass is 206 g/mol. The van der Waals surface area contributed by atoms with Crippen LogP contribution in [0.3, 0.4) is 0 Å². The van der Waals surface area contributed by atoms with Crippen LogP contribution in [0, 0.1) is 5.92 Å². The molecule has 1 unspecified atom stereocenters. The van der Waals surface area contributed by atoms with E-state index >= 15 is 0 Å². The number of carbonyl (C=O) groups is 1. The lowest BCUT2D eigenvalue weighted by Gasteiger charge is -2.12. The molecule has 2 N–H and O–H groups in total. The number of hydrogen-bond donors (Lipinski definition) is 2. The molecule has 1 amide bonds. The number of hydrazine groups is 1. The van der Waals surface area contributed by atoms with Crippen molar-refractivity contribution in [3.63, 3.8) is 0 Å². The van der Waals surface area contributed by atoms with Gasteiger partial charge < -0.3 is 0 Å². The van der Waals surface area contributed by atoms with Crippen molar-refractivity contribution in [2.45, 2.75) is 26.7 Å². The van der Waals surface area contributed by atoms with E-state index in [4.69, 9.17) is 0 Å². The van der Waals surface area contributed by atoms with Gasteiger partial charge in [0.1, 0.15) is 0 Å². The Morgan fingerprint density at radius 2 is 2.00 bits per heavy atom. The molecule has 1 aromatic rings. The summed E-state index contributed by atoms with van der Waals surface area (Å²) in [7, 11) is 0. The minimum atomic E-state index is 0.0423. The quantitative estimate of drug-likeness (QED) is 0.727. The Bertz CT molecular complexity index is 298. The van der Waals surface area contributed by atoms with Crippen molar-refractivity contribution in [1.82, 2.24) is 5.43 Å². The first-order valence-electron chi connectivity index (χ1n) is 5.35. The van der Waals surface area contributed by atoms with E-state index < -0.39 is 0 Å². The number of amides is 1. The molecule has 3 nitrogen and oxygen atoms in total. The van der Waals surface area contributed by atoms with Gasteiger partial charge in [-0.15, -0.1) is 0 Å². The average molecular weight is 206 g/mol. The van der Waals surface area contributed by atoms with Gasteiger partial charge >= 0.3 is 0 Å². The molecule has 0 aliphatic carbocycles. The maximum absolute atomic E-state index is 11.5. The summed E-state index contributed by atoms with van der Waals surface area (Å²) in [4.78, 5) is 11.5. The maximum Gasteiger partial charge on any atom is 0.241 e. The number of hydrogen-bond acceptors (Lipinski definition) is 2. The molecule has 0 aliphatic heterocycles. The van der Waals surface area contributed by atoms with Crippen molar-refractivity contribution in [3.05, 3.63) is 30.3 Å². The third kappa shape index (κ3) is 4.02. The molecule has 0 saturated carbocycles. The molecule has 3 heteroatoms. The smallest absolute Gasteiger partial charge is 0.241 e. The van der Waals surface area contributed by atoms with Crippen LogP contribution in [0.4, 0.5) is 5.69 Å². The van der Waals surface area contributed by atoms with Gasteiger partial charge in [0.05, 0.1) is 5.69 Å². The van der Waals surface area contributed by atoms with Gasteiger partial charge in [-0.05, 0) is 18.6 Å². The molecule has 1 aromatic carbocycles. The molecule has 0 heterocycles. The van der Waals surface area contributed by atoms with Crippen LogP contribution in [-0.2, 0) is 4.79 Å². The average Bonchev–Trinajstić information content (AvgIpc) is 2.27. The Balaban J connectivity index is 2.34. The number of para-hydroxylation sites is 1. The van der Waals surface area contributed by atoms with E-state index in [0.29, 0.717) is 0 Å². The highest BCUT2D eigenvalue weighted by molar-refractivity contribution is 5.79. The normalized spacial score (nSPS) is 11.9.